The van der Waals surface area contributed by atoms with E-state index in [-0.39, 0.29) is 6.04 Å². The van der Waals surface area contributed by atoms with Crippen LogP contribution in [0.2, 0.25) is 0 Å². The minimum Gasteiger partial charge on any atom is -0.398 e. The number of nitrogens with zero attached hydrogens (tertiary/aromatic N) is 1. The van der Waals surface area contributed by atoms with Crippen molar-refractivity contribution in [2.24, 2.45) is 0 Å². The number of benzene rings is 1. The number of hydrogen-bond donors (Lipinski definition) is 2. The largest absolute Gasteiger partial charge is 0.398 e. The Bertz CT molecular complexity index is 553. The molecule has 0 aliphatic carbocycles. The minimum atomic E-state index is 0.259. The molecule has 0 amide bonds. The van der Waals surface area contributed by atoms with Gasteiger partial charge in [-0.3, -0.25) is 0 Å². The fraction of sp³-hybridized carbons (Fsp3) is 0.357. The Morgan fingerprint density at radius 3 is 2.89 bits per heavy atom. The van der Waals surface area contributed by atoms with E-state index in [1.165, 1.54) is 10.4 Å². The van der Waals surface area contributed by atoms with Crippen molar-refractivity contribution in [3.8, 4) is 0 Å². The average Bonchev–Trinajstić information content (AvgIpc) is 2.88. The molecule has 19 heavy (non-hydrogen) atoms. The molecular weight excluding hydrogens is 322 g/mol. The van der Waals surface area contributed by atoms with E-state index in [0.717, 1.165) is 28.1 Å². The number of halogens is 1. The normalized spacial score (nSPS) is 12.6. The highest BCUT2D eigenvalue weighted by Crippen LogP contribution is 2.22. The summed E-state index contributed by atoms with van der Waals surface area (Å²) in [6.07, 6.45) is 3.02. The molecule has 102 valence electrons. The van der Waals surface area contributed by atoms with Gasteiger partial charge in [0.15, 0.2) is 0 Å². The minimum absolute atomic E-state index is 0.259. The lowest BCUT2D eigenvalue weighted by Crippen LogP contribution is -2.17. The smallest absolute Gasteiger partial charge is 0.109 e. The summed E-state index contributed by atoms with van der Waals surface area (Å²) < 4.78 is 0.941. The first kappa shape index (κ1) is 14.5. The highest BCUT2D eigenvalue weighted by Gasteiger charge is 2.09. The molecule has 0 fully saturated rings. The SMILES string of the molecule is CCc1cnc(C(C)NCc2ccc(Br)c(N)c2)s1. The van der Waals surface area contributed by atoms with Gasteiger partial charge in [0, 0.05) is 27.8 Å². The Morgan fingerprint density at radius 1 is 1.47 bits per heavy atom. The average molecular weight is 340 g/mol. The van der Waals surface area contributed by atoms with Gasteiger partial charge in [-0.25, -0.2) is 4.98 Å². The van der Waals surface area contributed by atoms with Crippen molar-refractivity contribution in [1.29, 1.82) is 0 Å². The lowest BCUT2D eigenvalue weighted by Gasteiger charge is -2.11. The number of rotatable bonds is 5. The fourth-order valence-electron chi connectivity index (χ4n) is 1.75. The van der Waals surface area contributed by atoms with Crippen LogP contribution in [-0.4, -0.2) is 4.98 Å². The van der Waals surface area contributed by atoms with Crippen LogP contribution >= 0.6 is 27.3 Å². The first-order valence-electron chi connectivity index (χ1n) is 6.32. The fourth-order valence-corrected chi connectivity index (χ4v) is 2.88. The van der Waals surface area contributed by atoms with Gasteiger partial charge in [-0.1, -0.05) is 13.0 Å². The van der Waals surface area contributed by atoms with Crippen LogP contribution in [0, 0.1) is 0 Å². The molecule has 3 nitrogen and oxygen atoms in total. The van der Waals surface area contributed by atoms with Crippen LogP contribution in [0.3, 0.4) is 0 Å². The Morgan fingerprint density at radius 2 is 2.26 bits per heavy atom. The van der Waals surface area contributed by atoms with Gasteiger partial charge in [-0.15, -0.1) is 11.3 Å². The molecule has 0 spiro atoms. The molecule has 1 atom stereocenters. The first-order chi connectivity index (χ1) is 9.10. The topological polar surface area (TPSA) is 50.9 Å². The van der Waals surface area contributed by atoms with Crippen molar-refractivity contribution in [2.45, 2.75) is 32.9 Å². The van der Waals surface area contributed by atoms with Crippen LogP contribution in [-0.2, 0) is 13.0 Å². The summed E-state index contributed by atoms with van der Waals surface area (Å²) in [7, 11) is 0. The van der Waals surface area contributed by atoms with Crippen LogP contribution < -0.4 is 11.1 Å². The van der Waals surface area contributed by atoms with Gasteiger partial charge in [-0.05, 0) is 47.0 Å². The van der Waals surface area contributed by atoms with Gasteiger partial charge in [-0.2, -0.15) is 0 Å². The number of nitrogen functional groups attached to an aromatic ring is 1. The number of aromatic nitrogens is 1. The monoisotopic (exact) mass is 339 g/mol. The maximum atomic E-state index is 5.87. The molecule has 1 unspecified atom stereocenters. The van der Waals surface area contributed by atoms with Gasteiger partial charge < -0.3 is 11.1 Å². The molecule has 0 saturated heterocycles. The van der Waals surface area contributed by atoms with Crippen molar-refractivity contribution >= 4 is 33.0 Å². The molecule has 0 bridgehead atoms. The lowest BCUT2D eigenvalue weighted by atomic mass is 10.2. The summed E-state index contributed by atoms with van der Waals surface area (Å²) in [6, 6.07) is 6.30. The van der Waals surface area contributed by atoms with Crippen LogP contribution in [0.5, 0.6) is 0 Å². The van der Waals surface area contributed by atoms with Gasteiger partial charge in [0.25, 0.3) is 0 Å². The predicted octanol–water partition coefficient (Wildman–Crippen LogP) is 3.90. The highest BCUT2D eigenvalue weighted by molar-refractivity contribution is 9.10. The van der Waals surface area contributed by atoms with Crippen molar-refractivity contribution in [1.82, 2.24) is 10.3 Å². The van der Waals surface area contributed by atoms with E-state index in [9.17, 15) is 0 Å². The predicted molar refractivity (Wildman–Crippen MR) is 85.3 cm³/mol. The molecule has 5 heteroatoms. The van der Waals surface area contributed by atoms with Crippen LogP contribution in [0.1, 0.15) is 35.3 Å². The molecule has 2 rings (SSSR count). The number of nitrogens with two attached hydrogens (primary N) is 1. The summed E-state index contributed by atoms with van der Waals surface area (Å²) in [5.74, 6) is 0. The number of thiazole rings is 1. The molecule has 1 aromatic heterocycles. The molecule has 1 aromatic carbocycles. The van der Waals surface area contributed by atoms with Crippen LogP contribution in [0.4, 0.5) is 5.69 Å². The van der Waals surface area contributed by atoms with Gasteiger partial charge in [0.05, 0.1) is 6.04 Å². The summed E-state index contributed by atoms with van der Waals surface area (Å²) in [5, 5.41) is 4.62. The zero-order chi connectivity index (χ0) is 13.8. The maximum Gasteiger partial charge on any atom is 0.109 e. The second-order valence-corrected chi connectivity index (χ2v) is 6.48. The number of anilines is 1. The van der Waals surface area contributed by atoms with E-state index in [4.69, 9.17) is 5.73 Å². The van der Waals surface area contributed by atoms with Crippen LogP contribution in [0.15, 0.2) is 28.9 Å². The second kappa shape index (κ2) is 6.50. The Labute approximate surface area is 126 Å². The highest BCUT2D eigenvalue weighted by atomic mass is 79.9. The maximum absolute atomic E-state index is 5.87. The molecule has 0 radical (unpaired) electrons. The van der Waals surface area contributed by atoms with E-state index in [1.54, 1.807) is 11.3 Å². The van der Waals surface area contributed by atoms with Gasteiger partial charge >= 0.3 is 0 Å². The summed E-state index contributed by atoms with van der Waals surface area (Å²) in [4.78, 5) is 5.78. The van der Waals surface area contributed by atoms with E-state index < -0.39 is 0 Å². The quantitative estimate of drug-likeness (QED) is 0.812. The standard InChI is InChI=1S/C14H18BrN3S/c1-3-11-8-18-14(19-11)9(2)17-7-10-4-5-12(15)13(16)6-10/h4-6,8-9,17H,3,7,16H2,1-2H3. The summed E-state index contributed by atoms with van der Waals surface area (Å²) in [6.45, 7) is 5.08. The zero-order valence-corrected chi connectivity index (χ0v) is 13.5. The Hall–Kier alpha value is -0.910. The van der Waals surface area contributed by atoms with Crippen molar-refractivity contribution in [3.05, 3.63) is 44.3 Å². The van der Waals surface area contributed by atoms with Crippen molar-refractivity contribution in [2.75, 3.05) is 5.73 Å². The number of aryl methyl sites for hydroxylation is 1. The molecule has 1 heterocycles. The van der Waals surface area contributed by atoms with Gasteiger partial charge in [0.1, 0.15) is 5.01 Å². The summed E-state index contributed by atoms with van der Waals surface area (Å²) >= 11 is 5.18. The lowest BCUT2D eigenvalue weighted by molar-refractivity contribution is 0.572. The molecular formula is C14H18BrN3S. The molecule has 0 aliphatic heterocycles. The van der Waals surface area contributed by atoms with E-state index in [2.05, 4.69) is 46.1 Å². The zero-order valence-electron chi connectivity index (χ0n) is 11.1. The summed E-state index contributed by atoms with van der Waals surface area (Å²) in [5.41, 5.74) is 7.83. The van der Waals surface area contributed by atoms with Gasteiger partial charge in [0.2, 0.25) is 0 Å². The Kier molecular flexibility index (Phi) is 4.96. The molecule has 0 aliphatic rings. The first-order valence-corrected chi connectivity index (χ1v) is 7.93. The van der Waals surface area contributed by atoms with Crippen LogP contribution in [0.25, 0.3) is 0 Å². The van der Waals surface area contributed by atoms with Crippen molar-refractivity contribution in [3.63, 3.8) is 0 Å². The third-order valence-corrected chi connectivity index (χ3v) is 5.01. The third kappa shape index (κ3) is 3.78. The van der Waals surface area contributed by atoms with E-state index in [0.29, 0.717) is 0 Å². The van der Waals surface area contributed by atoms with Crippen molar-refractivity contribution < 1.29 is 0 Å². The van der Waals surface area contributed by atoms with E-state index in [1.807, 2.05) is 18.3 Å². The molecule has 0 saturated carbocycles. The second-order valence-electron chi connectivity index (χ2n) is 4.48. The molecule has 3 N–H and O–H groups in total. The van der Waals surface area contributed by atoms with E-state index >= 15 is 0 Å². The molecule has 2 aromatic rings. The Balaban J connectivity index is 1.95. The number of hydrogen-bond acceptors (Lipinski definition) is 4. The third-order valence-electron chi connectivity index (χ3n) is 2.96. The number of nitrogens with one attached hydrogen (secondary N) is 1.